The fourth-order valence-electron chi connectivity index (χ4n) is 3.45. The van der Waals surface area contributed by atoms with Crippen LogP contribution in [0.2, 0.25) is 19.6 Å². The molecule has 1 amide bonds. The molecule has 2 aromatic heterocycles. The first-order chi connectivity index (χ1) is 14.1. The van der Waals surface area contributed by atoms with Gasteiger partial charge in [-0.05, 0) is 37.2 Å². The lowest BCUT2D eigenvalue weighted by Gasteiger charge is -2.24. The zero-order valence-electron chi connectivity index (χ0n) is 17.5. The number of ether oxygens (including phenoxy) is 1. The van der Waals surface area contributed by atoms with Crippen molar-refractivity contribution in [2.24, 2.45) is 5.73 Å². The number of benzene rings is 1. The number of rotatable bonds is 4. The maximum atomic E-state index is 14.7. The second-order valence-electron chi connectivity index (χ2n) is 8.30. The Morgan fingerprint density at radius 3 is 2.67 bits per heavy atom. The molecule has 0 radical (unpaired) electrons. The van der Waals surface area contributed by atoms with E-state index in [1.54, 1.807) is 35.4 Å². The Balaban J connectivity index is 1.78. The molecule has 0 saturated carbocycles. The van der Waals surface area contributed by atoms with E-state index < -0.39 is 26.0 Å². The zero-order valence-corrected chi connectivity index (χ0v) is 18.5. The monoisotopic (exact) mass is 426 g/mol. The highest BCUT2D eigenvalue weighted by atomic mass is 28.3. The number of nitrogens with zero attached hydrogens (tertiary/aromatic N) is 5. The van der Waals surface area contributed by atoms with Crippen LogP contribution in [-0.2, 0) is 9.53 Å². The van der Waals surface area contributed by atoms with Gasteiger partial charge < -0.3 is 15.4 Å². The van der Waals surface area contributed by atoms with Crippen molar-refractivity contribution in [3.8, 4) is 11.4 Å². The van der Waals surface area contributed by atoms with Gasteiger partial charge in [-0.1, -0.05) is 19.6 Å². The number of anilines is 1. The maximum Gasteiger partial charge on any atom is 0.285 e. The normalized spacial score (nSPS) is 17.0. The lowest BCUT2D eigenvalue weighted by molar-refractivity contribution is -0.118. The van der Waals surface area contributed by atoms with Gasteiger partial charge in [0.15, 0.2) is 12.1 Å². The zero-order chi connectivity index (χ0) is 21.8. The number of carbonyl (C=O) groups is 1. The third-order valence-electron chi connectivity index (χ3n) is 5.09. The van der Waals surface area contributed by atoms with Gasteiger partial charge >= 0.3 is 0 Å². The second kappa shape index (κ2) is 6.91. The average molecular weight is 427 g/mol. The third-order valence-corrected chi connectivity index (χ3v) is 7.08. The number of hydrogen-bond donors (Lipinski definition) is 1. The number of primary amides is 1. The highest BCUT2D eigenvalue weighted by Gasteiger charge is 2.32. The van der Waals surface area contributed by atoms with E-state index in [4.69, 9.17) is 10.5 Å². The molecule has 0 aliphatic carbocycles. The van der Waals surface area contributed by atoms with Crippen LogP contribution in [0.15, 0.2) is 42.0 Å². The van der Waals surface area contributed by atoms with Crippen LogP contribution in [0.4, 0.5) is 10.1 Å². The molecule has 4 rings (SSSR count). The highest BCUT2D eigenvalue weighted by molar-refractivity contribution is 6.88. The number of halogens is 1. The molecule has 30 heavy (non-hydrogen) atoms. The summed E-state index contributed by atoms with van der Waals surface area (Å²) in [4.78, 5) is 22.2. The molecule has 10 heteroatoms. The van der Waals surface area contributed by atoms with Crippen LogP contribution in [0.25, 0.3) is 17.2 Å². The van der Waals surface area contributed by atoms with E-state index in [2.05, 4.69) is 34.7 Å². The van der Waals surface area contributed by atoms with E-state index in [0.717, 1.165) is 5.19 Å². The molecule has 2 N–H and O–H groups in total. The van der Waals surface area contributed by atoms with Crippen LogP contribution in [-0.4, -0.2) is 39.8 Å². The first-order valence-electron chi connectivity index (χ1n) is 9.55. The van der Waals surface area contributed by atoms with E-state index in [1.807, 2.05) is 12.4 Å². The van der Waals surface area contributed by atoms with Crippen molar-refractivity contribution < 1.29 is 13.9 Å². The number of nitrogens with two attached hydrogens (primary N) is 1. The number of fused-ring (bicyclic) bond motifs is 1. The molecule has 0 saturated heterocycles. The van der Waals surface area contributed by atoms with Gasteiger partial charge in [0.1, 0.15) is 5.82 Å². The number of amides is 1. The van der Waals surface area contributed by atoms with Crippen molar-refractivity contribution in [2.75, 3.05) is 4.90 Å². The molecule has 0 bridgehead atoms. The summed E-state index contributed by atoms with van der Waals surface area (Å²) in [6.07, 6.45) is 3.27. The van der Waals surface area contributed by atoms with Crippen LogP contribution >= 0.6 is 0 Å². The van der Waals surface area contributed by atoms with Gasteiger partial charge in [0, 0.05) is 18.1 Å². The minimum atomic E-state index is -1.58. The quantitative estimate of drug-likeness (QED) is 0.643. The van der Waals surface area contributed by atoms with Gasteiger partial charge in [-0.2, -0.15) is 4.98 Å². The first-order valence-corrected chi connectivity index (χ1v) is 13.1. The summed E-state index contributed by atoms with van der Waals surface area (Å²) in [6, 6.07) is 4.60. The smallest absolute Gasteiger partial charge is 0.285 e. The minimum Gasteiger partial charge on any atom is -0.463 e. The van der Waals surface area contributed by atoms with Crippen LogP contribution in [0.3, 0.4) is 0 Å². The molecule has 1 atom stereocenters. The molecule has 1 aliphatic heterocycles. The molecule has 1 aromatic carbocycles. The third kappa shape index (κ3) is 3.32. The first kappa shape index (κ1) is 20.0. The lowest BCUT2D eigenvalue weighted by atomic mass is 10.1. The molecular formula is C20H23FN6O2Si. The van der Waals surface area contributed by atoms with Crippen LogP contribution < -0.4 is 15.8 Å². The number of allylic oxidation sites excluding steroid dienone is 1. The number of aromatic nitrogens is 4. The van der Waals surface area contributed by atoms with E-state index in [9.17, 15) is 9.18 Å². The van der Waals surface area contributed by atoms with Gasteiger partial charge in [-0.25, -0.2) is 13.9 Å². The second-order valence-corrected chi connectivity index (χ2v) is 13.4. The topological polar surface area (TPSA) is 98.6 Å². The van der Waals surface area contributed by atoms with Gasteiger partial charge in [-0.15, -0.1) is 5.10 Å². The summed E-state index contributed by atoms with van der Waals surface area (Å²) in [7, 11) is -1.58. The van der Waals surface area contributed by atoms with Crippen molar-refractivity contribution >= 4 is 30.6 Å². The summed E-state index contributed by atoms with van der Waals surface area (Å²) in [5.41, 5.74) is 6.83. The SMILES string of the molecule is CC1=C(C(N)=O)OC(C)N1c1ccc(F)c(-c2nc3ncc([Si](C)(C)C)cn3n2)c1. The van der Waals surface area contributed by atoms with E-state index >= 15 is 0 Å². The van der Waals surface area contributed by atoms with Crippen molar-refractivity contribution in [1.29, 1.82) is 0 Å². The summed E-state index contributed by atoms with van der Waals surface area (Å²) in [6.45, 7) is 10.2. The highest BCUT2D eigenvalue weighted by Crippen LogP contribution is 2.34. The average Bonchev–Trinajstić information content (AvgIpc) is 3.21. The number of carbonyl (C=O) groups excluding carboxylic acids is 1. The molecule has 3 heterocycles. The van der Waals surface area contributed by atoms with Gasteiger partial charge in [0.2, 0.25) is 5.76 Å². The minimum absolute atomic E-state index is 0.0994. The maximum absolute atomic E-state index is 14.7. The van der Waals surface area contributed by atoms with Crippen molar-refractivity contribution in [3.05, 3.63) is 47.9 Å². The van der Waals surface area contributed by atoms with Crippen molar-refractivity contribution in [3.63, 3.8) is 0 Å². The van der Waals surface area contributed by atoms with Crippen LogP contribution in [0.5, 0.6) is 0 Å². The summed E-state index contributed by atoms with van der Waals surface area (Å²) < 4.78 is 21.9. The van der Waals surface area contributed by atoms with E-state index in [1.165, 1.54) is 6.07 Å². The Kier molecular flexibility index (Phi) is 4.61. The van der Waals surface area contributed by atoms with Crippen LogP contribution in [0, 0.1) is 5.82 Å². The molecule has 3 aromatic rings. The lowest BCUT2D eigenvalue weighted by Crippen LogP contribution is -2.38. The summed E-state index contributed by atoms with van der Waals surface area (Å²) in [5.74, 6) is -0.358. The summed E-state index contributed by atoms with van der Waals surface area (Å²) in [5, 5.41) is 5.58. The Labute approximate surface area is 174 Å². The Morgan fingerprint density at radius 1 is 1.30 bits per heavy atom. The molecule has 1 aliphatic rings. The molecule has 0 spiro atoms. The van der Waals surface area contributed by atoms with E-state index in [-0.39, 0.29) is 17.1 Å². The predicted molar refractivity (Wildman–Crippen MR) is 114 cm³/mol. The Hall–Kier alpha value is -3.27. The Morgan fingerprint density at radius 2 is 2.03 bits per heavy atom. The van der Waals surface area contributed by atoms with E-state index in [0.29, 0.717) is 17.2 Å². The standard InChI is InChI=1S/C20H23FN6O2Si/c1-11-17(18(22)28)29-12(2)27(11)13-6-7-16(21)15(8-13)19-24-20-23-9-14(30(3,4)5)10-26(20)25-19/h6-10,12H,1-5H3,(H2,22,28). The molecule has 8 nitrogen and oxygen atoms in total. The molecule has 156 valence electrons. The van der Waals surface area contributed by atoms with Gasteiger partial charge in [-0.3, -0.25) is 4.79 Å². The summed E-state index contributed by atoms with van der Waals surface area (Å²) >= 11 is 0. The van der Waals surface area contributed by atoms with Gasteiger partial charge in [0.25, 0.3) is 11.7 Å². The number of hydrogen-bond acceptors (Lipinski definition) is 6. The molecule has 1 unspecified atom stereocenters. The Bertz CT molecular complexity index is 1200. The fourth-order valence-corrected chi connectivity index (χ4v) is 4.41. The fraction of sp³-hybridized carbons (Fsp3) is 0.300. The van der Waals surface area contributed by atoms with Gasteiger partial charge in [0.05, 0.1) is 19.3 Å². The van der Waals surface area contributed by atoms with Crippen LogP contribution in [0.1, 0.15) is 13.8 Å². The largest absolute Gasteiger partial charge is 0.463 e. The van der Waals surface area contributed by atoms with Crippen molar-refractivity contribution in [1.82, 2.24) is 19.6 Å². The molecular weight excluding hydrogens is 403 g/mol. The predicted octanol–water partition coefficient (Wildman–Crippen LogP) is 2.38. The molecule has 0 fully saturated rings. The van der Waals surface area contributed by atoms with Crippen molar-refractivity contribution in [2.45, 2.75) is 39.7 Å².